The molecule has 2 aromatic rings. The molecule has 0 spiro atoms. The van der Waals surface area contributed by atoms with Crippen molar-refractivity contribution >= 4 is 11.8 Å². The largest absolute Gasteiger partial charge is 0.496 e. The van der Waals surface area contributed by atoms with Crippen molar-refractivity contribution < 1.29 is 19.1 Å². The van der Waals surface area contributed by atoms with Gasteiger partial charge in [-0.2, -0.15) is 0 Å². The molecule has 0 amide bonds. The minimum absolute atomic E-state index is 0.165. The molecule has 0 aliphatic carbocycles. The molecule has 0 radical (unpaired) electrons. The maximum atomic E-state index is 12.2. The molecule has 0 N–H and O–H groups in total. The second kappa shape index (κ2) is 16.9. The number of benzene rings is 2. The fraction of sp³-hybridized carbons (Fsp3) is 0.562. The van der Waals surface area contributed by atoms with Gasteiger partial charge in [0, 0.05) is 18.3 Å². The highest BCUT2D eigenvalue weighted by Gasteiger charge is 2.24. The molecule has 200 valence electrons. The molecular weight excluding hydrogens is 448 g/mol. The standard InChI is InChI=1S/C30H42O4.C2H6/c1-23-22-26(18-21-28(23)33-5)30(3,4)25-16-19-27(20-17-25)34-29(32)15-13-11-9-7-6-8-10-12-14-24(2)31;1-2/h16-22H,6-15H2,1-5H3;1-2H3. The second-order valence-corrected chi connectivity index (χ2v) is 9.84. The summed E-state index contributed by atoms with van der Waals surface area (Å²) in [6.45, 7) is 12.1. The van der Waals surface area contributed by atoms with Crippen LogP contribution in [0.3, 0.4) is 0 Å². The van der Waals surface area contributed by atoms with Gasteiger partial charge in [-0.15, -0.1) is 0 Å². The van der Waals surface area contributed by atoms with Crippen LogP contribution in [0, 0.1) is 6.92 Å². The van der Waals surface area contributed by atoms with E-state index in [9.17, 15) is 9.59 Å². The molecule has 0 aliphatic heterocycles. The molecule has 0 fully saturated rings. The number of esters is 1. The van der Waals surface area contributed by atoms with Crippen molar-refractivity contribution in [3.8, 4) is 11.5 Å². The van der Waals surface area contributed by atoms with Crippen LogP contribution in [-0.2, 0) is 15.0 Å². The lowest BCUT2D eigenvalue weighted by Crippen LogP contribution is -2.19. The van der Waals surface area contributed by atoms with Gasteiger partial charge in [-0.05, 0) is 61.6 Å². The maximum Gasteiger partial charge on any atom is 0.311 e. The molecule has 0 unspecified atom stereocenters. The Labute approximate surface area is 219 Å². The van der Waals surface area contributed by atoms with Crippen LogP contribution >= 0.6 is 0 Å². The van der Waals surface area contributed by atoms with E-state index < -0.39 is 0 Å². The molecule has 0 saturated heterocycles. The summed E-state index contributed by atoms with van der Waals surface area (Å²) in [6, 6.07) is 14.1. The minimum Gasteiger partial charge on any atom is -0.496 e. The lowest BCUT2D eigenvalue weighted by molar-refractivity contribution is -0.134. The maximum absolute atomic E-state index is 12.2. The lowest BCUT2D eigenvalue weighted by Gasteiger charge is -2.27. The predicted molar refractivity (Wildman–Crippen MR) is 150 cm³/mol. The predicted octanol–water partition coefficient (Wildman–Crippen LogP) is 8.75. The first-order valence-corrected chi connectivity index (χ1v) is 13.7. The highest BCUT2D eigenvalue weighted by Crippen LogP contribution is 2.34. The molecule has 36 heavy (non-hydrogen) atoms. The van der Waals surface area contributed by atoms with Crippen LogP contribution in [0.25, 0.3) is 0 Å². The van der Waals surface area contributed by atoms with Gasteiger partial charge < -0.3 is 14.3 Å². The van der Waals surface area contributed by atoms with Crippen LogP contribution in [0.1, 0.15) is 116 Å². The minimum atomic E-state index is -0.174. The number of aryl methyl sites for hydroxylation is 1. The number of rotatable bonds is 15. The number of Topliss-reactive ketones (excluding diaryl/α,β-unsaturated/α-hetero) is 1. The van der Waals surface area contributed by atoms with Gasteiger partial charge in [0.05, 0.1) is 7.11 Å². The monoisotopic (exact) mass is 496 g/mol. The molecule has 4 heteroatoms. The molecule has 0 aliphatic rings. The van der Waals surface area contributed by atoms with E-state index in [1.54, 1.807) is 14.0 Å². The van der Waals surface area contributed by atoms with E-state index >= 15 is 0 Å². The summed E-state index contributed by atoms with van der Waals surface area (Å²) >= 11 is 0. The summed E-state index contributed by atoms with van der Waals surface area (Å²) in [6.07, 6.45) is 9.99. The van der Waals surface area contributed by atoms with Crippen LogP contribution in [0.2, 0.25) is 0 Å². The SMILES string of the molecule is CC.COc1ccc(C(C)(C)c2ccc(OC(=O)CCCCCCCCCCC(C)=O)cc2)cc1C. The van der Waals surface area contributed by atoms with E-state index in [0.29, 0.717) is 18.6 Å². The van der Waals surface area contributed by atoms with Gasteiger partial charge in [0.2, 0.25) is 0 Å². The van der Waals surface area contributed by atoms with Gasteiger partial charge in [0.1, 0.15) is 17.3 Å². The number of unbranched alkanes of at least 4 members (excludes halogenated alkanes) is 7. The van der Waals surface area contributed by atoms with E-state index in [1.165, 1.54) is 24.8 Å². The molecule has 0 heterocycles. The average Bonchev–Trinajstić information content (AvgIpc) is 2.86. The fourth-order valence-corrected chi connectivity index (χ4v) is 4.26. The average molecular weight is 497 g/mol. The number of carbonyl (C=O) groups is 2. The Bertz CT molecular complexity index is 912. The zero-order valence-corrected chi connectivity index (χ0v) is 23.7. The highest BCUT2D eigenvalue weighted by atomic mass is 16.5. The van der Waals surface area contributed by atoms with Gasteiger partial charge in [-0.3, -0.25) is 4.79 Å². The number of ketones is 1. The van der Waals surface area contributed by atoms with Crippen molar-refractivity contribution in [2.75, 3.05) is 7.11 Å². The van der Waals surface area contributed by atoms with E-state index in [-0.39, 0.29) is 17.2 Å². The van der Waals surface area contributed by atoms with Crippen molar-refractivity contribution in [1.29, 1.82) is 0 Å². The summed E-state index contributed by atoms with van der Waals surface area (Å²) in [5, 5.41) is 0. The van der Waals surface area contributed by atoms with E-state index in [4.69, 9.17) is 9.47 Å². The Kier molecular flexibility index (Phi) is 14.8. The molecule has 0 atom stereocenters. The first-order chi connectivity index (χ1) is 17.2. The van der Waals surface area contributed by atoms with E-state index in [0.717, 1.165) is 49.0 Å². The zero-order valence-electron chi connectivity index (χ0n) is 23.7. The number of carbonyl (C=O) groups excluding carboxylic acids is 2. The van der Waals surface area contributed by atoms with Crippen molar-refractivity contribution in [2.24, 2.45) is 0 Å². The van der Waals surface area contributed by atoms with Gasteiger partial charge in [-0.1, -0.05) is 90.5 Å². The molecular formula is C32H48O4. The molecule has 0 saturated carbocycles. The Balaban J connectivity index is 0.00000316. The van der Waals surface area contributed by atoms with Crippen molar-refractivity contribution in [3.63, 3.8) is 0 Å². The third kappa shape index (κ3) is 11.0. The van der Waals surface area contributed by atoms with Crippen LogP contribution < -0.4 is 9.47 Å². The first-order valence-electron chi connectivity index (χ1n) is 13.7. The Hall–Kier alpha value is -2.62. The highest BCUT2D eigenvalue weighted by molar-refractivity contribution is 5.75. The summed E-state index contributed by atoms with van der Waals surface area (Å²) in [7, 11) is 1.69. The number of hydrogen-bond acceptors (Lipinski definition) is 4. The van der Waals surface area contributed by atoms with E-state index in [1.807, 2.05) is 44.2 Å². The molecule has 0 bridgehead atoms. The lowest BCUT2D eigenvalue weighted by atomic mass is 9.77. The number of methoxy groups -OCH3 is 1. The smallest absolute Gasteiger partial charge is 0.311 e. The summed E-state index contributed by atoms with van der Waals surface area (Å²) in [4.78, 5) is 23.1. The van der Waals surface area contributed by atoms with Crippen molar-refractivity contribution in [3.05, 3.63) is 59.2 Å². The number of ether oxygens (including phenoxy) is 2. The quantitative estimate of drug-likeness (QED) is 0.140. The Morgan fingerprint density at radius 1 is 0.750 bits per heavy atom. The molecule has 0 aromatic heterocycles. The normalized spacial score (nSPS) is 10.9. The van der Waals surface area contributed by atoms with Crippen molar-refractivity contribution in [1.82, 2.24) is 0 Å². The molecule has 2 aromatic carbocycles. The topological polar surface area (TPSA) is 52.6 Å². The Morgan fingerprint density at radius 3 is 1.75 bits per heavy atom. The zero-order chi connectivity index (χ0) is 27.0. The summed E-state index contributed by atoms with van der Waals surface area (Å²) in [5.41, 5.74) is 3.32. The van der Waals surface area contributed by atoms with Crippen molar-refractivity contribution in [2.45, 2.75) is 111 Å². The van der Waals surface area contributed by atoms with Crippen LogP contribution in [0.4, 0.5) is 0 Å². The van der Waals surface area contributed by atoms with Crippen LogP contribution in [0.15, 0.2) is 42.5 Å². The summed E-state index contributed by atoms with van der Waals surface area (Å²) in [5.74, 6) is 1.61. The molecule has 2 rings (SSSR count). The molecule has 4 nitrogen and oxygen atoms in total. The second-order valence-electron chi connectivity index (χ2n) is 9.84. The van der Waals surface area contributed by atoms with E-state index in [2.05, 4.69) is 32.9 Å². The van der Waals surface area contributed by atoms with Gasteiger partial charge in [-0.25, -0.2) is 0 Å². The summed E-state index contributed by atoms with van der Waals surface area (Å²) < 4.78 is 10.9. The van der Waals surface area contributed by atoms with Crippen LogP contribution in [0.5, 0.6) is 11.5 Å². The fourth-order valence-electron chi connectivity index (χ4n) is 4.26. The Morgan fingerprint density at radius 2 is 1.25 bits per heavy atom. The first kappa shape index (κ1) is 31.4. The van der Waals surface area contributed by atoms with Gasteiger partial charge >= 0.3 is 5.97 Å². The third-order valence-electron chi connectivity index (χ3n) is 6.58. The third-order valence-corrected chi connectivity index (χ3v) is 6.58. The van der Waals surface area contributed by atoms with Crippen LogP contribution in [-0.4, -0.2) is 18.9 Å². The van der Waals surface area contributed by atoms with Gasteiger partial charge in [0.25, 0.3) is 0 Å². The number of hydrogen-bond donors (Lipinski definition) is 0. The van der Waals surface area contributed by atoms with Gasteiger partial charge in [0.15, 0.2) is 0 Å².